The summed E-state index contributed by atoms with van der Waals surface area (Å²) >= 11 is 0. The van der Waals surface area contributed by atoms with Crippen molar-refractivity contribution in [2.75, 3.05) is 12.4 Å². The van der Waals surface area contributed by atoms with E-state index in [0.717, 1.165) is 20.0 Å². The number of nitrogens with one attached hydrogen (secondary N) is 1. The highest BCUT2D eigenvalue weighted by Crippen LogP contribution is 2.26. The van der Waals surface area contributed by atoms with Crippen LogP contribution in [0.15, 0.2) is 12.1 Å². The molecule has 0 saturated heterocycles. The zero-order valence-electron chi connectivity index (χ0n) is 11.2. The summed E-state index contributed by atoms with van der Waals surface area (Å²) in [6.07, 6.45) is 2.62. The van der Waals surface area contributed by atoms with E-state index >= 15 is 0 Å². The molecule has 110 valence electrons. The quantitative estimate of drug-likeness (QED) is 0.838. The first-order chi connectivity index (χ1) is 9.54. The topological polar surface area (TPSA) is 58.6 Å². The Morgan fingerprint density at radius 1 is 1.30 bits per heavy atom. The molecule has 2 N–H and O–H groups in total. The molecule has 2 atom stereocenters. The summed E-state index contributed by atoms with van der Waals surface area (Å²) in [5, 5.41) is 12.6. The van der Waals surface area contributed by atoms with Gasteiger partial charge in [0.1, 0.15) is 0 Å². The van der Waals surface area contributed by atoms with Crippen LogP contribution in [0.5, 0.6) is 0 Å². The van der Waals surface area contributed by atoms with E-state index < -0.39 is 29.3 Å². The van der Waals surface area contributed by atoms with Crippen molar-refractivity contribution in [1.82, 2.24) is 0 Å². The predicted molar refractivity (Wildman–Crippen MR) is 69.6 cm³/mol. The maximum atomic E-state index is 13.9. The molecule has 6 heteroatoms. The Balaban J connectivity index is 2.21. The van der Waals surface area contributed by atoms with Crippen molar-refractivity contribution < 1.29 is 23.4 Å². The van der Waals surface area contributed by atoms with E-state index in [4.69, 9.17) is 0 Å². The van der Waals surface area contributed by atoms with E-state index in [1.807, 2.05) is 0 Å². The number of anilines is 1. The van der Waals surface area contributed by atoms with Gasteiger partial charge in [0.15, 0.2) is 11.6 Å². The van der Waals surface area contributed by atoms with Gasteiger partial charge in [0.25, 0.3) is 0 Å². The van der Waals surface area contributed by atoms with Gasteiger partial charge in [-0.25, -0.2) is 13.6 Å². The molecule has 1 fully saturated rings. The molecule has 2 unspecified atom stereocenters. The Labute approximate surface area is 115 Å². The summed E-state index contributed by atoms with van der Waals surface area (Å²) in [4.78, 5) is 11.3. The Morgan fingerprint density at radius 2 is 2.00 bits per heavy atom. The number of hydrogen-bond donors (Lipinski definition) is 2. The predicted octanol–water partition coefficient (Wildman–Crippen LogP) is 2.47. The molecule has 0 amide bonds. The number of aliphatic hydroxyl groups is 1. The van der Waals surface area contributed by atoms with Crippen molar-refractivity contribution in [3.63, 3.8) is 0 Å². The molecule has 0 radical (unpaired) electrons. The van der Waals surface area contributed by atoms with Gasteiger partial charge in [0.2, 0.25) is 0 Å². The molecule has 2 rings (SSSR count). The summed E-state index contributed by atoms with van der Waals surface area (Å²) in [5.41, 5.74) is -0.499. The third kappa shape index (κ3) is 2.90. The van der Waals surface area contributed by atoms with Crippen molar-refractivity contribution in [2.24, 2.45) is 0 Å². The lowest BCUT2D eigenvalue weighted by Crippen LogP contribution is -2.36. The fraction of sp³-hybridized carbons (Fsp3) is 0.500. The van der Waals surface area contributed by atoms with Crippen LogP contribution in [0.3, 0.4) is 0 Å². The van der Waals surface area contributed by atoms with Crippen LogP contribution in [0.25, 0.3) is 0 Å². The average molecular weight is 285 g/mol. The van der Waals surface area contributed by atoms with Crippen LogP contribution < -0.4 is 5.32 Å². The number of halogens is 2. The first-order valence-electron chi connectivity index (χ1n) is 6.55. The van der Waals surface area contributed by atoms with E-state index in [1.54, 1.807) is 0 Å². The molecular formula is C14H17F2NO3. The molecule has 1 saturated carbocycles. The minimum absolute atomic E-state index is 0.0545. The minimum atomic E-state index is -1.24. The number of methoxy groups -OCH3 is 1. The number of aliphatic hydroxyl groups excluding tert-OH is 1. The van der Waals surface area contributed by atoms with Gasteiger partial charge in [-0.2, -0.15) is 0 Å². The number of rotatable bonds is 3. The van der Waals surface area contributed by atoms with E-state index in [-0.39, 0.29) is 11.7 Å². The number of benzene rings is 1. The highest BCUT2D eigenvalue weighted by molar-refractivity contribution is 5.90. The molecule has 1 aliphatic rings. The zero-order chi connectivity index (χ0) is 14.7. The molecule has 0 heterocycles. The summed E-state index contributed by atoms with van der Waals surface area (Å²) in [5.74, 6) is -3.30. The number of ether oxygens (including phenoxy) is 1. The minimum Gasteiger partial charge on any atom is -0.465 e. The van der Waals surface area contributed by atoms with Crippen LogP contribution in [0.1, 0.15) is 36.0 Å². The Morgan fingerprint density at radius 3 is 2.65 bits per heavy atom. The second kappa shape index (κ2) is 6.17. The van der Waals surface area contributed by atoms with E-state index in [0.29, 0.717) is 12.8 Å². The lowest BCUT2D eigenvalue weighted by atomic mass is 9.92. The van der Waals surface area contributed by atoms with Crippen LogP contribution in [-0.2, 0) is 4.74 Å². The summed E-state index contributed by atoms with van der Waals surface area (Å²) in [7, 11) is 1.10. The number of esters is 1. The third-order valence-corrected chi connectivity index (χ3v) is 3.56. The molecule has 1 aliphatic carbocycles. The SMILES string of the molecule is COC(=O)c1ccc(NC2CCCCC2O)c(F)c1F. The van der Waals surface area contributed by atoms with Crippen LogP contribution >= 0.6 is 0 Å². The molecule has 4 nitrogen and oxygen atoms in total. The molecule has 1 aromatic carbocycles. The summed E-state index contributed by atoms with van der Waals surface area (Å²) in [6, 6.07) is 2.15. The van der Waals surface area contributed by atoms with Gasteiger partial charge in [-0.1, -0.05) is 12.8 Å². The fourth-order valence-corrected chi connectivity index (χ4v) is 2.41. The maximum Gasteiger partial charge on any atom is 0.340 e. The highest BCUT2D eigenvalue weighted by Gasteiger charge is 2.25. The van der Waals surface area contributed by atoms with Crippen LogP contribution in [-0.4, -0.2) is 30.3 Å². The molecule has 0 aliphatic heterocycles. The lowest BCUT2D eigenvalue weighted by molar-refractivity contribution is 0.0594. The highest BCUT2D eigenvalue weighted by atomic mass is 19.2. The third-order valence-electron chi connectivity index (χ3n) is 3.56. The molecular weight excluding hydrogens is 268 g/mol. The lowest BCUT2D eigenvalue weighted by Gasteiger charge is -2.29. The van der Waals surface area contributed by atoms with Gasteiger partial charge >= 0.3 is 5.97 Å². The monoisotopic (exact) mass is 285 g/mol. The van der Waals surface area contributed by atoms with Crippen LogP contribution in [0, 0.1) is 11.6 Å². The fourth-order valence-electron chi connectivity index (χ4n) is 2.41. The number of hydrogen-bond acceptors (Lipinski definition) is 4. The van der Waals surface area contributed by atoms with Gasteiger partial charge in [0.05, 0.1) is 30.5 Å². The Hall–Kier alpha value is -1.69. The molecule has 20 heavy (non-hydrogen) atoms. The van der Waals surface area contributed by atoms with E-state index in [1.165, 1.54) is 12.1 Å². The maximum absolute atomic E-state index is 13.9. The van der Waals surface area contributed by atoms with Gasteiger partial charge < -0.3 is 15.2 Å². The normalized spacial score (nSPS) is 22.4. The average Bonchev–Trinajstić information content (AvgIpc) is 2.45. The largest absolute Gasteiger partial charge is 0.465 e. The van der Waals surface area contributed by atoms with Crippen molar-refractivity contribution in [3.05, 3.63) is 29.3 Å². The second-order valence-corrected chi connectivity index (χ2v) is 4.88. The van der Waals surface area contributed by atoms with Gasteiger partial charge in [0, 0.05) is 0 Å². The smallest absolute Gasteiger partial charge is 0.340 e. The van der Waals surface area contributed by atoms with Crippen molar-refractivity contribution >= 4 is 11.7 Å². The van der Waals surface area contributed by atoms with Gasteiger partial charge in [-0.3, -0.25) is 0 Å². The first-order valence-corrected chi connectivity index (χ1v) is 6.55. The second-order valence-electron chi connectivity index (χ2n) is 4.88. The summed E-state index contributed by atoms with van der Waals surface area (Å²) in [6.45, 7) is 0. The number of carbonyl (C=O) groups excluding carboxylic acids is 1. The van der Waals surface area contributed by atoms with Crippen LogP contribution in [0.4, 0.5) is 14.5 Å². The Bertz CT molecular complexity index is 507. The molecule has 1 aromatic rings. The standard InChI is InChI=1S/C14H17F2NO3/c1-20-14(19)8-6-7-10(13(16)12(8)15)17-9-4-2-3-5-11(9)18/h6-7,9,11,17-18H,2-5H2,1H3. The number of carbonyl (C=O) groups is 1. The van der Waals surface area contributed by atoms with Crippen LogP contribution in [0.2, 0.25) is 0 Å². The van der Waals surface area contributed by atoms with Crippen molar-refractivity contribution in [2.45, 2.75) is 37.8 Å². The van der Waals surface area contributed by atoms with Crippen molar-refractivity contribution in [3.8, 4) is 0 Å². The molecule has 0 bridgehead atoms. The summed E-state index contributed by atoms with van der Waals surface area (Å²) < 4.78 is 32.1. The van der Waals surface area contributed by atoms with E-state index in [9.17, 15) is 18.7 Å². The van der Waals surface area contributed by atoms with Gasteiger partial charge in [-0.15, -0.1) is 0 Å². The molecule has 0 spiro atoms. The van der Waals surface area contributed by atoms with E-state index in [2.05, 4.69) is 10.1 Å². The zero-order valence-corrected chi connectivity index (χ0v) is 11.2. The van der Waals surface area contributed by atoms with Gasteiger partial charge in [-0.05, 0) is 25.0 Å². The first kappa shape index (κ1) is 14.7. The Kier molecular flexibility index (Phi) is 4.54. The van der Waals surface area contributed by atoms with Crippen molar-refractivity contribution in [1.29, 1.82) is 0 Å². The molecule has 0 aromatic heterocycles.